The minimum atomic E-state index is 0. The van der Waals surface area contributed by atoms with Gasteiger partial charge in [-0.1, -0.05) is 38.8 Å². The summed E-state index contributed by atoms with van der Waals surface area (Å²) in [5.41, 5.74) is 2.71. The number of hydrogen-bond donors (Lipinski definition) is 1. The first-order valence-corrected chi connectivity index (χ1v) is 10.5. The van der Waals surface area contributed by atoms with Gasteiger partial charge in [0.05, 0.1) is 0 Å². The van der Waals surface area contributed by atoms with Crippen LogP contribution < -0.4 is 10.2 Å². The van der Waals surface area contributed by atoms with Crippen molar-refractivity contribution in [1.82, 2.24) is 10.2 Å². The maximum absolute atomic E-state index is 3.61. The summed E-state index contributed by atoms with van der Waals surface area (Å²) in [7, 11) is 0. The Kier molecular flexibility index (Phi) is 25.0. The van der Waals surface area contributed by atoms with Crippen LogP contribution in [0.4, 0.5) is 5.69 Å². The number of anilines is 1. The molecule has 0 amide bonds. The molecule has 0 radical (unpaired) electrons. The van der Waals surface area contributed by atoms with E-state index >= 15 is 0 Å². The summed E-state index contributed by atoms with van der Waals surface area (Å²) in [6.07, 6.45) is 6.49. The summed E-state index contributed by atoms with van der Waals surface area (Å²) in [5.74, 6) is 0. The highest BCUT2D eigenvalue weighted by Gasteiger charge is 2.04. The van der Waals surface area contributed by atoms with Gasteiger partial charge in [-0.15, -0.1) is 37.2 Å². The predicted molar refractivity (Wildman–Crippen MR) is 134 cm³/mol. The monoisotopic (exact) mass is 455 g/mol. The number of hydrogen-bond acceptors (Lipinski definition) is 3. The van der Waals surface area contributed by atoms with E-state index in [2.05, 4.69) is 67.1 Å². The molecule has 1 aromatic rings. The van der Waals surface area contributed by atoms with Crippen molar-refractivity contribution in [2.45, 2.75) is 66.3 Å². The van der Waals surface area contributed by atoms with Crippen LogP contribution in [0.2, 0.25) is 0 Å². The molecular formula is C22H44Cl3N3. The number of rotatable bonds is 15. The van der Waals surface area contributed by atoms with E-state index < -0.39 is 0 Å². The van der Waals surface area contributed by atoms with Gasteiger partial charge in [-0.2, -0.15) is 0 Å². The molecule has 0 unspecified atom stereocenters. The van der Waals surface area contributed by atoms with Crippen LogP contribution in [0.5, 0.6) is 0 Å². The average Bonchev–Trinajstić information content (AvgIpc) is 2.65. The van der Waals surface area contributed by atoms with Gasteiger partial charge in [-0.25, -0.2) is 0 Å². The van der Waals surface area contributed by atoms with Gasteiger partial charge in [0.15, 0.2) is 0 Å². The van der Waals surface area contributed by atoms with E-state index in [0.29, 0.717) is 0 Å². The molecule has 1 aromatic carbocycles. The topological polar surface area (TPSA) is 18.5 Å². The van der Waals surface area contributed by atoms with Crippen LogP contribution in [0.3, 0.4) is 0 Å². The van der Waals surface area contributed by atoms with Crippen molar-refractivity contribution in [2.75, 3.05) is 44.2 Å². The third kappa shape index (κ3) is 13.9. The van der Waals surface area contributed by atoms with Gasteiger partial charge in [0.1, 0.15) is 0 Å². The zero-order valence-electron chi connectivity index (χ0n) is 18.4. The Balaban J connectivity index is -0.00000208. The van der Waals surface area contributed by atoms with Crippen molar-refractivity contribution in [1.29, 1.82) is 0 Å². The minimum absolute atomic E-state index is 0. The number of nitrogens with zero attached hydrogens (tertiary/aromatic N) is 2. The van der Waals surface area contributed by atoms with Gasteiger partial charge in [0, 0.05) is 25.3 Å². The zero-order chi connectivity index (χ0) is 18.3. The van der Waals surface area contributed by atoms with Crippen LogP contribution in [0.25, 0.3) is 0 Å². The lowest BCUT2D eigenvalue weighted by molar-refractivity contribution is 0.261. The normalized spacial score (nSPS) is 10.0. The molecule has 0 spiro atoms. The molecule has 0 aliphatic rings. The van der Waals surface area contributed by atoms with Crippen LogP contribution >= 0.6 is 37.2 Å². The van der Waals surface area contributed by atoms with Crippen molar-refractivity contribution in [3.8, 4) is 0 Å². The largest absolute Gasteiger partial charge is 0.372 e. The van der Waals surface area contributed by atoms with Crippen LogP contribution in [-0.4, -0.2) is 44.2 Å². The zero-order valence-corrected chi connectivity index (χ0v) is 20.9. The fourth-order valence-corrected chi connectivity index (χ4v) is 3.17. The maximum Gasteiger partial charge on any atom is 0.0366 e. The van der Waals surface area contributed by atoms with Crippen molar-refractivity contribution in [3.05, 3.63) is 29.8 Å². The average molecular weight is 457 g/mol. The van der Waals surface area contributed by atoms with E-state index in [1.807, 2.05) is 0 Å². The lowest BCUT2D eigenvalue weighted by Crippen LogP contribution is -2.29. The summed E-state index contributed by atoms with van der Waals surface area (Å²) in [6.45, 7) is 17.0. The molecule has 0 bridgehead atoms. The Morgan fingerprint density at radius 2 is 1.21 bits per heavy atom. The predicted octanol–water partition coefficient (Wildman–Crippen LogP) is 6.18. The first-order chi connectivity index (χ1) is 12.2. The molecule has 0 saturated heterocycles. The summed E-state index contributed by atoms with van der Waals surface area (Å²) < 4.78 is 0. The third-order valence-electron chi connectivity index (χ3n) is 4.88. The van der Waals surface area contributed by atoms with Crippen LogP contribution in [0.15, 0.2) is 24.3 Å². The smallest absolute Gasteiger partial charge is 0.0366 e. The SMILES string of the molecule is CCCCN(CCCC)CCCNCc1ccc(N(CC)CC)cc1.Cl.Cl.Cl. The highest BCUT2D eigenvalue weighted by Crippen LogP contribution is 2.14. The molecule has 3 nitrogen and oxygen atoms in total. The molecule has 0 heterocycles. The van der Waals surface area contributed by atoms with Gasteiger partial charge in [-0.05, 0) is 77.0 Å². The van der Waals surface area contributed by atoms with E-state index in [1.54, 1.807) is 0 Å². The molecule has 0 saturated carbocycles. The molecule has 6 heteroatoms. The molecule has 28 heavy (non-hydrogen) atoms. The van der Waals surface area contributed by atoms with Gasteiger partial charge >= 0.3 is 0 Å². The molecule has 0 aromatic heterocycles. The number of benzene rings is 1. The van der Waals surface area contributed by atoms with Gasteiger partial charge in [0.2, 0.25) is 0 Å². The van der Waals surface area contributed by atoms with E-state index in [9.17, 15) is 0 Å². The van der Waals surface area contributed by atoms with Crippen LogP contribution in [-0.2, 0) is 6.54 Å². The van der Waals surface area contributed by atoms with Crippen molar-refractivity contribution in [2.24, 2.45) is 0 Å². The maximum atomic E-state index is 3.61. The molecule has 0 aliphatic carbocycles. The highest BCUT2D eigenvalue weighted by molar-refractivity contribution is 5.86. The minimum Gasteiger partial charge on any atom is -0.372 e. The summed E-state index contributed by atoms with van der Waals surface area (Å²) in [6, 6.07) is 9.02. The first kappa shape index (κ1) is 32.5. The molecule has 168 valence electrons. The van der Waals surface area contributed by atoms with Crippen molar-refractivity contribution >= 4 is 42.9 Å². The van der Waals surface area contributed by atoms with E-state index in [0.717, 1.165) is 26.2 Å². The summed E-state index contributed by atoms with van der Waals surface area (Å²) >= 11 is 0. The Hall–Kier alpha value is -0.190. The van der Waals surface area contributed by atoms with Crippen LogP contribution in [0.1, 0.15) is 65.4 Å². The highest BCUT2D eigenvalue weighted by atomic mass is 35.5. The molecule has 0 aliphatic heterocycles. The Morgan fingerprint density at radius 1 is 0.714 bits per heavy atom. The fourth-order valence-electron chi connectivity index (χ4n) is 3.17. The third-order valence-corrected chi connectivity index (χ3v) is 4.88. The Bertz CT molecular complexity index is 418. The Labute approximate surface area is 193 Å². The first-order valence-electron chi connectivity index (χ1n) is 10.5. The fraction of sp³-hybridized carbons (Fsp3) is 0.727. The number of nitrogens with one attached hydrogen (secondary N) is 1. The second-order valence-corrected chi connectivity index (χ2v) is 6.92. The number of halogens is 3. The second kappa shape index (κ2) is 21.5. The van der Waals surface area contributed by atoms with E-state index in [1.165, 1.54) is 63.0 Å². The van der Waals surface area contributed by atoms with Crippen LogP contribution in [0, 0.1) is 0 Å². The van der Waals surface area contributed by atoms with Crippen molar-refractivity contribution in [3.63, 3.8) is 0 Å². The van der Waals surface area contributed by atoms with Gasteiger partial charge in [0.25, 0.3) is 0 Å². The standard InChI is InChI=1S/C22H41N3.3ClH/c1-5-9-17-24(18-10-6-2)19-11-16-23-20-21-12-14-22(15-13-21)25(7-3)8-4;;;/h12-15,23H,5-11,16-20H2,1-4H3;3*1H. The van der Waals surface area contributed by atoms with E-state index in [4.69, 9.17) is 0 Å². The summed E-state index contributed by atoms with van der Waals surface area (Å²) in [5, 5.41) is 3.61. The molecular weight excluding hydrogens is 413 g/mol. The van der Waals surface area contributed by atoms with Gasteiger partial charge < -0.3 is 15.1 Å². The number of unbranched alkanes of at least 4 members (excludes halogenated alkanes) is 2. The quantitative estimate of drug-likeness (QED) is 0.318. The van der Waals surface area contributed by atoms with E-state index in [-0.39, 0.29) is 37.2 Å². The van der Waals surface area contributed by atoms with Gasteiger partial charge in [-0.3, -0.25) is 0 Å². The van der Waals surface area contributed by atoms with Crippen molar-refractivity contribution < 1.29 is 0 Å². The summed E-state index contributed by atoms with van der Waals surface area (Å²) in [4.78, 5) is 5.03. The lowest BCUT2D eigenvalue weighted by Gasteiger charge is -2.22. The molecule has 1 N–H and O–H groups in total. The lowest BCUT2D eigenvalue weighted by atomic mass is 10.2. The molecule has 1 rings (SSSR count). The second-order valence-electron chi connectivity index (χ2n) is 6.92. The Morgan fingerprint density at radius 3 is 1.68 bits per heavy atom. The molecule has 0 fully saturated rings. The molecule has 0 atom stereocenters.